The molecule has 4 aromatic carbocycles. The lowest BCUT2D eigenvalue weighted by molar-refractivity contribution is -0.330. The number of hydrogen-bond donors (Lipinski definition) is 0. The third-order valence-electron chi connectivity index (χ3n) is 7.43. The van der Waals surface area contributed by atoms with E-state index in [9.17, 15) is 4.21 Å². The second-order valence-corrected chi connectivity index (χ2v) is 11.7. The van der Waals surface area contributed by atoms with Crippen LogP contribution < -0.4 is 4.74 Å². The van der Waals surface area contributed by atoms with E-state index in [1.807, 2.05) is 115 Å². The van der Waals surface area contributed by atoms with Crippen LogP contribution in [-0.4, -0.2) is 47.8 Å². The largest absolute Gasteiger partial charge is 0.497 e. The van der Waals surface area contributed by atoms with E-state index in [0.29, 0.717) is 18.1 Å². The Labute approximate surface area is 248 Å². The first-order valence-electron chi connectivity index (χ1n) is 14.0. The van der Waals surface area contributed by atoms with Gasteiger partial charge < -0.3 is 28.4 Å². The van der Waals surface area contributed by atoms with Gasteiger partial charge in [-0.2, -0.15) is 0 Å². The Bertz CT molecular complexity index is 1420. The third kappa shape index (κ3) is 6.65. The average Bonchev–Trinajstić information content (AvgIpc) is 3.07. The molecular weight excluding hydrogens is 552 g/mol. The molecule has 0 spiro atoms. The van der Waals surface area contributed by atoms with Gasteiger partial charge in [-0.1, -0.05) is 91.0 Å². The molecule has 2 fully saturated rings. The fraction of sp³-hybridized carbons (Fsp3) is 0.294. The SMILES string of the molecule is COc1ccc(C2OC[C@H]3O[C@H](S(=O)c4ccccc4)[C@@H](OCc4ccccc4)[C@@H](OCc4ccccc4)[C@@H]3O2)cc1. The van der Waals surface area contributed by atoms with E-state index in [4.69, 9.17) is 28.4 Å². The highest BCUT2D eigenvalue weighted by molar-refractivity contribution is 7.85. The van der Waals surface area contributed by atoms with Gasteiger partial charge in [-0.05, 0) is 35.4 Å². The van der Waals surface area contributed by atoms with E-state index >= 15 is 0 Å². The molecule has 2 saturated heterocycles. The molecule has 0 bridgehead atoms. The van der Waals surface area contributed by atoms with Crippen molar-refractivity contribution in [3.8, 4) is 5.75 Å². The van der Waals surface area contributed by atoms with Crippen molar-refractivity contribution in [3.05, 3.63) is 132 Å². The number of benzene rings is 4. The van der Waals surface area contributed by atoms with Crippen molar-refractivity contribution in [3.63, 3.8) is 0 Å². The quantitative estimate of drug-likeness (QED) is 0.232. The lowest BCUT2D eigenvalue weighted by Gasteiger charge is -2.49. The number of ether oxygens (including phenoxy) is 6. The number of hydrogen-bond acceptors (Lipinski definition) is 7. The fourth-order valence-corrected chi connectivity index (χ4v) is 6.65. The minimum atomic E-state index is -1.54. The maximum atomic E-state index is 14.0. The van der Waals surface area contributed by atoms with Crippen molar-refractivity contribution in [2.24, 2.45) is 0 Å². The summed E-state index contributed by atoms with van der Waals surface area (Å²) in [5, 5.41) is 0. The van der Waals surface area contributed by atoms with Crippen LogP contribution in [-0.2, 0) is 47.7 Å². The summed E-state index contributed by atoms with van der Waals surface area (Å²) in [4.78, 5) is 0.657. The van der Waals surface area contributed by atoms with Gasteiger partial charge in [0.25, 0.3) is 0 Å². The van der Waals surface area contributed by atoms with Gasteiger partial charge in [0.2, 0.25) is 0 Å². The zero-order valence-electron chi connectivity index (χ0n) is 23.3. The average molecular weight is 587 g/mol. The molecule has 0 aromatic heterocycles. The van der Waals surface area contributed by atoms with Gasteiger partial charge in [0.15, 0.2) is 11.7 Å². The van der Waals surface area contributed by atoms with Crippen molar-refractivity contribution in [2.75, 3.05) is 13.7 Å². The van der Waals surface area contributed by atoms with Gasteiger partial charge in [-0.25, -0.2) is 0 Å². The maximum Gasteiger partial charge on any atom is 0.184 e. The van der Waals surface area contributed by atoms with Crippen LogP contribution >= 0.6 is 0 Å². The van der Waals surface area contributed by atoms with Crippen LogP contribution in [0.5, 0.6) is 5.75 Å². The molecule has 2 aliphatic rings. The molecular formula is C34H34O7S. The van der Waals surface area contributed by atoms with E-state index in [1.165, 1.54) is 0 Å². The van der Waals surface area contributed by atoms with Gasteiger partial charge >= 0.3 is 0 Å². The summed E-state index contributed by atoms with van der Waals surface area (Å²) in [5.74, 6) is 0.748. The molecule has 0 radical (unpaired) electrons. The van der Waals surface area contributed by atoms with Crippen LogP contribution in [0.1, 0.15) is 23.0 Å². The number of methoxy groups -OCH3 is 1. The Morgan fingerprint density at radius 2 is 1.29 bits per heavy atom. The van der Waals surface area contributed by atoms with Crippen LogP contribution in [0.15, 0.2) is 120 Å². The van der Waals surface area contributed by atoms with Crippen LogP contribution in [0.3, 0.4) is 0 Å². The standard InChI is InChI=1S/C34H34O7S/c1-36-27-19-17-26(18-20-27)33-39-23-29-30(41-33)31(37-21-24-11-5-2-6-12-24)32(38-22-25-13-7-3-8-14-25)34(40-29)42(35)28-15-9-4-10-16-28/h2-20,29-34H,21-23H2,1H3/t29-,30-,31+,32+,33?,34-,42?/m1/s1. The molecule has 4 aromatic rings. The van der Waals surface area contributed by atoms with Gasteiger partial charge in [-0.15, -0.1) is 0 Å². The van der Waals surface area contributed by atoms with Crippen molar-refractivity contribution in [1.29, 1.82) is 0 Å². The minimum Gasteiger partial charge on any atom is -0.497 e. The van der Waals surface area contributed by atoms with E-state index < -0.39 is 46.9 Å². The monoisotopic (exact) mass is 586 g/mol. The van der Waals surface area contributed by atoms with Crippen LogP contribution in [0.4, 0.5) is 0 Å². The van der Waals surface area contributed by atoms with Crippen molar-refractivity contribution in [1.82, 2.24) is 0 Å². The lowest BCUT2D eigenvalue weighted by atomic mass is 9.98. The second-order valence-electron chi connectivity index (χ2n) is 10.2. The first-order chi connectivity index (χ1) is 20.7. The molecule has 0 N–H and O–H groups in total. The topological polar surface area (TPSA) is 72.5 Å². The summed E-state index contributed by atoms with van der Waals surface area (Å²) in [5.41, 5.74) is 2.06. The Balaban J connectivity index is 1.32. The van der Waals surface area contributed by atoms with E-state index in [-0.39, 0.29) is 6.61 Å². The normalized spacial score (nSPS) is 26.2. The zero-order valence-corrected chi connectivity index (χ0v) is 24.1. The molecule has 7 nitrogen and oxygen atoms in total. The van der Waals surface area contributed by atoms with Crippen molar-refractivity contribution >= 4 is 10.8 Å². The first kappa shape index (κ1) is 28.7. The summed E-state index contributed by atoms with van der Waals surface area (Å²) in [6, 6.07) is 36.8. The van der Waals surface area contributed by atoms with Crippen LogP contribution in [0, 0.1) is 0 Å². The van der Waals surface area contributed by atoms with Gasteiger partial charge in [0.05, 0.1) is 37.7 Å². The molecule has 2 unspecified atom stereocenters. The molecule has 8 heteroatoms. The summed E-state index contributed by atoms with van der Waals surface area (Å²) >= 11 is 0. The maximum absolute atomic E-state index is 14.0. The summed E-state index contributed by atoms with van der Waals surface area (Å²) < 4.78 is 51.8. The first-order valence-corrected chi connectivity index (χ1v) is 15.2. The fourth-order valence-electron chi connectivity index (χ4n) is 5.24. The van der Waals surface area contributed by atoms with Crippen LogP contribution in [0.25, 0.3) is 0 Å². The number of rotatable bonds is 10. The highest BCUT2D eigenvalue weighted by Gasteiger charge is 2.53. The molecule has 218 valence electrons. The summed E-state index contributed by atoms with van der Waals surface area (Å²) in [7, 11) is 0.0892. The molecule has 42 heavy (non-hydrogen) atoms. The van der Waals surface area contributed by atoms with Gasteiger partial charge in [0.1, 0.15) is 30.2 Å². The van der Waals surface area contributed by atoms with Gasteiger partial charge in [0, 0.05) is 10.5 Å². The molecule has 6 rings (SSSR count). The molecule has 0 saturated carbocycles. The molecule has 2 aliphatic heterocycles. The van der Waals surface area contributed by atoms with E-state index in [2.05, 4.69) is 0 Å². The summed E-state index contributed by atoms with van der Waals surface area (Å²) in [6.45, 7) is 0.890. The van der Waals surface area contributed by atoms with E-state index in [1.54, 1.807) is 7.11 Å². The zero-order chi connectivity index (χ0) is 28.7. The second kappa shape index (κ2) is 13.7. The van der Waals surface area contributed by atoms with E-state index in [0.717, 1.165) is 22.4 Å². The minimum absolute atomic E-state index is 0.250. The Morgan fingerprint density at radius 3 is 1.88 bits per heavy atom. The molecule has 7 atom stereocenters. The Morgan fingerprint density at radius 1 is 0.714 bits per heavy atom. The highest BCUT2D eigenvalue weighted by atomic mass is 32.2. The van der Waals surface area contributed by atoms with Crippen molar-refractivity contribution < 1.29 is 32.6 Å². The number of fused-ring (bicyclic) bond motifs is 1. The summed E-state index contributed by atoms with van der Waals surface area (Å²) in [6.07, 6.45) is -2.94. The molecule has 0 amide bonds. The Kier molecular flexibility index (Phi) is 9.40. The lowest BCUT2D eigenvalue weighted by Crippen LogP contribution is -2.63. The smallest absolute Gasteiger partial charge is 0.184 e. The van der Waals surface area contributed by atoms with Crippen LogP contribution in [0.2, 0.25) is 0 Å². The third-order valence-corrected chi connectivity index (χ3v) is 8.97. The predicted octanol–water partition coefficient (Wildman–Crippen LogP) is 5.81. The molecule has 2 heterocycles. The van der Waals surface area contributed by atoms with Crippen molar-refractivity contribution in [2.45, 2.75) is 54.3 Å². The molecule has 0 aliphatic carbocycles. The highest BCUT2D eigenvalue weighted by Crippen LogP contribution is 2.39. The van der Waals surface area contributed by atoms with Gasteiger partial charge in [-0.3, -0.25) is 4.21 Å². The predicted molar refractivity (Wildman–Crippen MR) is 158 cm³/mol. The Hall–Kier alpha value is -3.37.